The number of nitrogens with two attached hydrogens (primary N) is 1. The van der Waals surface area contributed by atoms with Gasteiger partial charge in [-0.3, -0.25) is 0 Å². The number of hydrogen-bond acceptors (Lipinski definition) is 2. The lowest BCUT2D eigenvalue weighted by molar-refractivity contribution is 0.0879. The van der Waals surface area contributed by atoms with Gasteiger partial charge in [0.05, 0.1) is 6.61 Å². The predicted octanol–water partition coefficient (Wildman–Crippen LogP) is 2.76. The summed E-state index contributed by atoms with van der Waals surface area (Å²) in [6.45, 7) is 5.57. The summed E-state index contributed by atoms with van der Waals surface area (Å²) < 4.78 is 5.59. The average molecular weight is 221 g/mol. The van der Waals surface area contributed by atoms with Gasteiger partial charge in [0.1, 0.15) is 0 Å². The third-order valence-corrected chi connectivity index (χ3v) is 2.84. The van der Waals surface area contributed by atoms with Crippen LogP contribution in [-0.2, 0) is 11.2 Å². The monoisotopic (exact) mass is 221 g/mol. The molecule has 1 rings (SSSR count). The second kappa shape index (κ2) is 6.66. The van der Waals surface area contributed by atoms with Gasteiger partial charge in [-0.15, -0.1) is 0 Å². The fourth-order valence-electron chi connectivity index (χ4n) is 1.43. The van der Waals surface area contributed by atoms with Crippen LogP contribution in [0, 0.1) is 0 Å². The molecule has 0 aliphatic carbocycles. The van der Waals surface area contributed by atoms with E-state index < -0.39 is 0 Å². The smallest absolute Gasteiger partial charge is 0.0643 e. The quantitative estimate of drug-likeness (QED) is 0.719. The van der Waals surface area contributed by atoms with E-state index in [-0.39, 0.29) is 5.54 Å². The van der Waals surface area contributed by atoms with Gasteiger partial charge in [0.15, 0.2) is 0 Å². The summed E-state index contributed by atoms with van der Waals surface area (Å²) in [5.74, 6) is 0. The maximum Gasteiger partial charge on any atom is 0.0643 e. The van der Waals surface area contributed by atoms with Crippen LogP contribution in [0.4, 0.5) is 0 Å². The number of aryl methyl sites for hydroxylation is 1. The Balaban J connectivity index is 2.09. The van der Waals surface area contributed by atoms with Crippen molar-refractivity contribution < 1.29 is 4.74 Å². The summed E-state index contributed by atoms with van der Waals surface area (Å²) in [7, 11) is 0. The molecule has 0 saturated heterocycles. The molecule has 0 radical (unpaired) electrons. The van der Waals surface area contributed by atoms with Crippen molar-refractivity contribution in [2.45, 2.75) is 38.6 Å². The molecule has 0 amide bonds. The number of hydrogen-bond donors (Lipinski definition) is 1. The first-order chi connectivity index (χ1) is 7.64. The molecular weight excluding hydrogens is 198 g/mol. The summed E-state index contributed by atoms with van der Waals surface area (Å²) in [6, 6.07) is 10.5. The van der Waals surface area contributed by atoms with Crippen LogP contribution < -0.4 is 5.73 Å². The van der Waals surface area contributed by atoms with Crippen molar-refractivity contribution in [3.05, 3.63) is 35.9 Å². The van der Waals surface area contributed by atoms with Crippen molar-refractivity contribution in [3.63, 3.8) is 0 Å². The highest BCUT2D eigenvalue weighted by atomic mass is 16.5. The minimum Gasteiger partial charge on any atom is -0.380 e. The summed E-state index contributed by atoms with van der Waals surface area (Å²) in [5, 5.41) is 0. The van der Waals surface area contributed by atoms with Crippen LogP contribution in [0.3, 0.4) is 0 Å². The highest BCUT2D eigenvalue weighted by molar-refractivity contribution is 5.14. The fraction of sp³-hybridized carbons (Fsp3) is 0.571. The molecule has 1 unspecified atom stereocenters. The van der Waals surface area contributed by atoms with Crippen molar-refractivity contribution in [1.29, 1.82) is 0 Å². The van der Waals surface area contributed by atoms with Crippen LogP contribution >= 0.6 is 0 Å². The van der Waals surface area contributed by atoms with E-state index in [1.807, 2.05) is 13.0 Å². The van der Waals surface area contributed by atoms with E-state index in [1.165, 1.54) is 5.56 Å². The molecule has 0 spiro atoms. The molecule has 0 heterocycles. The molecule has 0 saturated carbocycles. The zero-order valence-corrected chi connectivity index (χ0v) is 10.4. The summed E-state index contributed by atoms with van der Waals surface area (Å²) in [4.78, 5) is 0. The molecule has 0 aliphatic heterocycles. The van der Waals surface area contributed by atoms with Crippen LogP contribution in [0.5, 0.6) is 0 Å². The van der Waals surface area contributed by atoms with Gasteiger partial charge in [0, 0.05) is 12.1 Å². The van der Waals surface area contributed by atoms with Crippen molar-refractivity contribution in [1.82, 2.24) is 0 Å². The third kappa shape index (κ3) is 5.29. The maximum absolute atomic E-state index is 5.98. The SMILES string of the molecule is CCC(C)(N)COCCCc1ccccc1. The number of ether oxygens (including phenoxy) is 1. The molecule has 0 fully saturated rings. The van der Waals surface area contributed by atoms with Gasteiger partial charge < -0.3 is 10.5 Å². The molecule has 2 nitrogen and oxygen atoms in total. The highest BCUT2D eigenvalue weighted by Crippen LogP contribution is 2.06. The summed E-state index contributed by atoms with van der Waals surface area (Å²) in [5.41, 5.74) is 7.18. The van der Waals surface area contributed by atoms with Crippen LogP contribution in [0.25, 0.3) is 0 Å². The first-order valence-corrected chi connectivity index (χ1v) is 6.04. The Labute approximate surface area is 98.8 Å². The molecule has 90 valence electrons. The van der Waals surface area contributed by atoms with E-state index >= 15 is 0 Å². The molecule has 2 N–H and O–H groups in total. The lowest BCUT2D eigenvalue weighted by atomic mass is 10.0. The van der Waals surface area contributed by atoms with E-state index in [1.54, 1.807) is 0 Å². The van der Waals surface area contributed by atoms with Gasteiger partial charge in [0.2, 0.25) is 0 Å². The standard InChI is InChI=1S/C14H23NO/c1-3-14(2,15)12-16-11-7-10-13-8-5-4-6-9-13/h4-6,8-9H,3,7,10-12,15H2,1-2H3. The Morgan fingerprint density at radius 1 is 1.25 bits per heavy atom. The molecule has 0 aromatic heterocycles. The van der Waals surface area contributed by atoms with E-state index in [4.69, 9.17) is 10.5 Å². The molecule has 2 heteroatoms. The zero-order chi connectivity index (χ0) is 11.9. The van der Waals surface area contributed by atoms with Crippen molar-refractivity contribution >= 4 is 0 Å². The fourth-order valence-corrected chi connectivity index (χ4v) is 1.43. The lowest BCUT2D eigenvalue weighted by Crippen LogP contribution is -2.40. The second-order valence-electron chi connectivity index (χ2n) is 4.65. The van der Waals surface area contributed by atoms with Crippen LogP contribution in [0.15, 0.2) is 30.3 Å². The van der Waals surface area contributed by atoms with E-state index in [0.29, 0.717) is 6.61 Å². The van der Waals surface area contributed by atoms with Crippen LogP contribution in [-0.4, -0.2) is 18.8 Å². The molecular formula is C14H23NO. The van der Waals surface area contributed by atoms with Crippen molar-refractivity contribution in [2.75, 3.05) is 13.2 Å². The molecule has 1 aromatic rings. The predicted molar refractivity (Wildman–Crippen MR) is 68.5 cm³/mol. The third-order valence-electron chi connectivity index (χ3n) is 2.84. The Morgan fingerprint density at radius 3 is 2.56 bits per heavy atom. The Bertz CT molecular complexity index is 282. The van der Waals surface area contributed by atoms with Gasteiger partial charge in [-0.2, -0.15) is 0 Å². The molecule has 0 bridgehead atoms. The molecule has 1 atom stereocenters. The highest BCUT2D eigenvalue weighted by Gasteiger charge is 2.14. The van der Waals surface area contributed by atoms with Gasteiger partial charge >= 0.3 is 0 Å². The topological polar surface area (TPSA) is 35.2 Å². The molecule has 0 aliphatic rings. The maximum atomic E-state index is 5.98. The van der Waals surface area contributed by atoms with Crippen molar-refractivity contribution in [3.8, 4) is 0 Å². The minimum atomic E-state index is -0.174. The van der Waals surface area contributed by atoms with Gasteiger partial charge in [0.25, 0.3) is 0 Å². The normalized spacial score (nSPS) is 14.7. The van der Waals surface area contributed by atoms with Crippen molar-refractivity contribution in [2.24, 2.45) is 5.73 Å². The molecule has 1 aromatic carbocycles. The first kappa shape index (κ1) is 13.2. The minimum absolute atomic E-state index is 0.174. The van der Waals surface area contributed by atoms with Gasteiger partial charge in [-0.05, 0) is 31.7 Å². The zero-order valence-electron chi connectivity index (χ0n) is 10.4. The summed E-state index contributed by atoms with van der Waals surface area (Å²) >= 11 is 0. The Kier molecular flexibility index (Phi) is 5.50. The van der Waals surface area contributed by atoms with E-state index in [0.717, 1.165) is 25.9 Å². The van der Waals surface area contributed by atoms with E-state index in [9.17, 15) is 0 Å². The van der Waals surface area contributed by atoms with Crippen LogP contribution in [0.2, 0.25) is 0 Å². The molecule has 16 heavy (non-hydrogen) atoms. The van der Waals surface area contributed by atoms with E-state index in [2.05, 4.69) is 31.2 Å². The van der Waals surface area contributed by atoms with Crippen LogP contribution in [0.1, 0.15) is 32.3 Å². The van der Waals surface area contributed by atoms with Gasteiger partial charge in [-0.25, -0.2) is 0 Å². The first-order valence-electron chi connectivity index (χ1n) is 6.04. The Hall–Kier alpha value is -0.860. The second-order valence-corrected chi connectivity index (χ2v) is 4.65. The number of benzene rings is 1. The lowest BCUT2D eigenvalue weighted by Gasteiger charge is -2.22. The Morgan fingerprint density at radius 2 is 1.94 bits per heavy atom. The largest absolute Gasteiger partial charge is 0.380 e. The van der Waals surface area contributed by atoms with Gasteiger partial charge in [-0.1, -0.05) is 37.3 Å². The summed E-state index contributed by atoms with van der Waals surface area (Å²) in [6.07, 6.45) is 3.09. The number of rotatable bonds is 7. The average Bonchev–Trinajstić information content (AvgIpc) is 2.30.